The Labute approximate surface area is 116 Å². The van der Waals surface area contributed by atoms with Crippen molar-refractivity contribution in [3.8, 4) is 5.75 Å². The number of rotatable bonds is 3. The summed E-state index contributed by atoms with van der Waals surface area (Å²) in [4.78, 5) is 12.2. The largest absolute Gasteiger partial charge is 0.535 e. The quantitative estimate of drug-likeness (QED) is 0.657. The molecule has 1 fully saturated rings. The van der Waals surface area contributed by atoms with Crippen molar-refractivity contribution in [2.75, 3.05) is 0 Å². The molecule has 4 nitrogen and oxygen atoms in total. The Morgan fingerprint density at radius 1 is 1.53 bits per heavy atom. The van der Waals surface area contributed by atoms with Crippen molar-refractivity contribution in [2.24, 2.45) is 0 Å². The maximum atomic E-state index is 11.5. The van der Waals surface area contributed by atoms with Gasteiger partial charge in [-0.3, -0.25) is 0 Å². The van der Waals surface area contributed by atoms with Gasteiger partial charge in [-0.15, -0.1) is 11.8 Å². The normalized spacial score (nSPS) is 23.7. The molecule has 100 valence electrons. The van der Waals surface area contributed by atoms with Gasteiger partial charge in [0.05, 0.1) is 0 Å². The molecule has 3 rings (SSSR count). The topological polar surface area (TPSA) is 66.8 Å². The van der Waals surface area contributed by atoms with E-state index in [2.05, 4.69) is 0 Å². The summed E-state index contributed by atoms with van der Waals surface area (Å²) in [6.07, 6.45) is 0.879. The summed E-state index contributed by atoms with van der Waals surface area (Å²) >= 11 is 1.50. The maximum absolute atomic E-state index is 11.5. The molecule has 0 saturated heterocycles. The van der Waals surface area contributed by atoms with Crippen molar-refractivity contribution in [1.29, 1.82) is 0 Å². The summed E-state index contributed by atoms with van der Waals surface area (Å²) in [5.74, 6) is -0.233. The summed E-state index contributed by atoms with van der Waals surface area (Å²) in [7, 11) is -0.866. The Morgan fingerprint density at radius 2 is 2.26 bits per heavy atom. The van der Waals surface area contributed by atoms with Gasteiger partial charge in [-0.25, -0.2) is 4.79 Å². The Balaban J connectivity index is 2.10. The zero-order valence-electron chi connectivity index (χ0n) is 10.8. The van der Waals surface area contributed by atoms with E-state index >= 15 is 0 Å². The van der Waals surface area contributed by atoms with E-state index in [0.717, 1.165) is 12.0 Å². The Hall–Kier alpha value is -1.14. The average Bonchev–Trinajstić information content (AvgIpc) is 3.07. The Morgan fingerprint density at radius 3 is 2.89 bits per heavy atom. The number of hydrogen-bond donors (Lipinski definition) is 2. The number of carboxylic acid groups (broad SMARTS) is 1. The number of fused-ring (bicyclic) bond motifs is 3. The van der Waals surface area contributed by atoms with E-state index in [1.807, 2.05) is 26.0 Å². The molecule has 1 saturated carbocycles. The van der Waals surface area contributed by atoms with Crippen molar-refractivity contribution in [3.05, 3.63) is 23.3 Å². The number of carboxylic acids is 1. The van der Waals surface area contributed by atoms with E-state index < -0.39 is 13.1 Å². The average molecular weight is 278 g/mol. The Kier molecular flexibility index (Phi) is 3.02. The minimum Gasteiger partial charge on any atom is -0.535 e. The standard InChI is InChI=1S/C13H15BO4S/c1-6(2)19-10-4-3-7-8-5-9(8)14(17)18-12(7)11(10)13(15)16/h3-4,6,8-9,17H,5H2,1-2H3,(H,15,16)/t8-,9-/m1/s1. The minimum absolute atomic E-state index is 0.137. The van der Waals surface area contributed by atoms with Crippen LogP contribution >= 0.6 is 11.8 Å². The lowest BCUT2D eigenvalue weighted by molar-refractivity contribution is 0.0690. The van der Waals surface area contributed by atoms with Crippen molar-refractivity contribution in [1.82, 2.24) is 0 Å². The molecule has 19 heavy (non-hydrogen) atoms. The van der Waals surface area contributed by atoms with Crippen LogP contribution in [0.25, 0.3) is 0 Å². The molecule has 1 aromatic rings. The first-order chi connectivity index (χ1) is 8.99. The van der Waals surface area contributed by atoms with Gasteiger partial charge in [-0.2, -0.15) is 0 Å². The zero-order valence-corrected chi connectivity index (χ0v) is 11.6. The van der Waals surface area contributed by atoms with Crippen LogP contribution in [0.4, 0.5) is 0 Å². The van der Waals surface area contributed by atoms with Gasteiger partial charge in [-0.1, -0.05) is 19.9 Å². The van der Waals surface area contributed by atoms with E-state index in [1.54, 1.807) is 0 Å². The van der Waals surface area contributed by atoms with Gasteiger partial charge in [0.25, 0.3) is 0 Å². The van der Waals surface area contributed by atoms with Gasteiger partial charge in [0.2, 0.25) is 0 Å². The molecule has 2 atom stereocenters. The van der Waals surface area contributed by atoms with Crippen LogP contribution in [-0.4, -0.2) is 28.5 Å². The summed E-state index contributed by atoms with van der Waals surface area (Å²) in [5, 5.41) is 19.6. The molecular formula is C13H15BO4S. The molecule has 1 aliphatic heterocycles. The van der Waals surface area contributed by atoms with Gasteiger partial charge in [-0.05, 0) is 24.0 Å². The van der Waals surface area contributed by atoms with Crippen LogP contribution in [-0.2, 0) is 0 Å². The first-order valence-corrected chi connectivity index (χ1v) is 7.28. The highest BCUT2D eigenvalue weighted by atomic mass is 32.2. The highest BCUT2D eigenvalue weighted by Gasteiger charge is 2.54. The summed E-state index contributed by atoms with van der Waals surface area (Å²) in [6.45, 7) is 4.03. The lowest BCUT2D eigenvalue weighted by Gasteiger charge is -2.23. The van der Waals surface area contributed by atoms with Crippen LogP contribution < -0.4 is 4.65 Å². The fourth-order valence-corrected chi connectivity index (χ4v) is 3.60. The van der Waals surface area contributed by atoms with Crippen LogP contribution in [0.5, 0.6) is 5.75 Å². The van der Waals surface area contributed by atoms with Gasteiger partial charge >= 0.3 is 13.1 Å². The van der Waals surface area contributed by atoms with Crippen molar-refractivity contribution < 1.29 is 19.6 Å². The molecule has 6 heteroatoms. The number of thioether (sulfide) groups is 1. The predicted molar refractivity (Wildman–Crippen MR) is 74.1 cm³/mol. The van der Waals surface area contributed by atoms with E-state index in [4.69, 9.17) is 4.65 Å². The van der Waals surface area contributed by atoms with Crippen LogP contribution in [0.2, 0.25) is 5.82 Å². The third kappa shape index (κ3) is 2.13. The highest BCUT2D eigenvalue weighted by molar-refractivity contribution is 8.00. The lowest BCUT2D eigenvalue weighted by atomic mass is 9.77. The molecule has 0 aromatic heterocycles. The predicted octanol–water partition coefficient (Wildman–Crippen LogP) is 2.62. The maximum Gasteiger partial charge on any atom is 0.526 e. The van der Waals surface area contributed by atoms with Gasteiger partial charge < -0.3 is 14.8 Å². The molecule has 0 amide bonds. The molecule has 1 aliphatic carbocycles. The highest BCUT2D eigenvalue weighted by Crippen LogP contribution is 2.60. The van der Waals surface area contributed by atoms with E-state index in [1.165, 1.54) is 11.8 Å². The SMILES string of the molecule is CC(C)Sc1ccc2c(c1C(=O)O)OB(O)[C@@H]1C[C@H]21. The van der Waals surface area contributed by atoms with Crippen LogP contribution in [0.1, 0.15) is 42.1 Å². The van der Waals surface area contributed by atoms with Crippen molar-refractivity contribution in [3.63, 3.8) is 0 Å². The molecule has 1 aromatic carbocycles. The molecule has 0 radical (unpaired) electrons. The second kappa shape index (κ2) is 4.46. The zero-order chi connectivity index (χ0) is 13.7. The monoisotopic (exact) mass is 278 g/mol. The van der Waals surface area contributed by atoms with Crippen molar-refractivity contribution in [2.45, 2.75) is 42.1 Å². The van der Waals surface area contributed by atoms with E-state index in [0.29, 0.717) is 15.9 Å². The molecule has 0 unspecified atom stereocenters. The van der Waals surface area contributed by atoms with Gasteiger partial charge in [0.15, 0.2) is 0 Å². The summed E-state index contributed by atoms with van der Waals surface area (Å²) in [5.41, 5.74) is 1.13. The number of carbonyl (C=O) groups is 1. The second-order valence-corrected chi connectivity index (χ2v) is 6.96. The molecule has 1 heterocycles. The fourth-order valence-electron chi connectivity index (χ4n) is 2.65. The molecule has 2 N–H and O–H groups in total. The van der Waals surface area contributed by atoms with Gasteiger partial charge in [0.1, 0.15) is 11.3 Å². The van der Waals surface area contributed by atoms with Gasteiger partial charge in [0, 0.05) is 16.0 Å². The second-order valence-electron chi connectivity index (χ2n) is 5.34. The fraction of sp³-hybridized carbons (Fsp3) is 0.462. The first-order valence-electron chi connectivity index (χ1n) is 6.40. The van der Waals surface area contributed by atoms with Crippen LogP contribution in [0.15, 0.2) is 17.0 Å². The van der Waals surface area contributed by atoms with Crippen molar-refractivity contribution >= 4 is 24.8 Å². The summed E-state index contributed by atoms with van der Waals surface area (Å²) in [6, 6.07) is 3.81. The first kappa shape index (κ1) is 12.9. The third-order valence-corrected chi connectivity index (χ3v) is 4.64. The minimum atomic E-state index is -0.994. The smallest absolute Gasteiger partial charge is 0.526 e. The number of aromatic carboxylic acids is 1. The Bertz CT molecular complexity index is 546. The molecular weight excluding hydrogens is 263 g/mol. The van der Waals surface area contributed by atoms with E-state index in [-0.39, 0.29) is 17.3 Å². The van der Waals surface area contributed by atoms with E-state index in [9.17, 15) is 14.9 Å². The van der Waals surface area contributed by atoms with Crippen LogP contribution in [0.3, 0.4) is 0 Å². The molecule has 0 bridgehead atoms. The molecule has 0 spiro atoms. The number of benzene rings is 1. The molecule has 2 aliphatic rings. The number of hydrogen-bond acceptors (Lipinski definition) is 4. The van der Waals surface area contributed by atoms with Crippen LogP contribution in [0, 0.1) is 0 Å². The summed E-state index contributed by atoms with van der Waals surface area (Å²) < 4.78 is 5.46. The third-order valence-electron chi connectivity index (χ3n) is 3.57. The lowest BCUT2D eigenvalue weighted by Crippen LogP contribution is -2.27.